The zero-order valence-corrected chi connectivity index (χ0v) is 16.5. The summed E-state index contributed by atoms with van der Waals surface area (Å²) in [6.45, 7) is 0.221. The van der Waals surface area contributed by atoms with Crippen molar-refractivity contribution in [3.8, 4) is 17.2 Å². The number of fused-ring (bicyclic) bond motifs is 1. The van der Waals surface area contributed by atoms with E-state index in [-0.39, 0.29) is 12.7 Å². The van der Waals surface area contributed by atoms with Crippen LogP contribution in [0.25, 0.3) is 0 Å². The molecule has 0 unspecified atom stereocenters. The van der Waals surface area contributed by atoms with E-state index in [1.807, 2.05) is 54.6 Å². The molecule has 5 rings (SSSR count). The minimum atomic E-state index is -0.519. The molecule has 1 amide bonds. The first-order valence-electron chi connectivity index (χ1n) is 9.76. The van der Waals surface area contributed by atoms with Gasteiger partial charge in [0.15, 0.2) is 11.5 Å². The summed E-state index contributed by atoms with van der Waals surface area (Å²) in [7, 11) is 1.63. The van der Waals surface area contributed by atoms with Crippen molar-refractivity contribution in [2.45, 2.75) is 18.3 Å². The number of pyridine rings is 1. The lowest BCUT2D eigenvalue weighted by molar-refractivity contribution is -0.118. The summed E-state index contributed by atoms with van der Waals surface area (Å²) < 4.78 is 16.2. The van der Waals surface area contributed by atoms with E-state index in [2.05, 4.69) is 15.6 Å². The number of carbonyl (C=O) groups excluding carboxylic acids is 1. The number of anilines is 3. The molecule has 0 radical (unpaired) electrons. The first kappa shape index (κ1) is 18.3. The standard InChI is InChI=1S/C23H21N3O4/c1-28-18-5-3-2-4-17(18)26-21-9-7-16(13-24-21)25-22(27)23(10-11-23)15-6-8-19-20(12-15)30-14-29-19/h2-9,12-13H,10-11,14H2,1H3,(H,24,26)(H,25,27). The summed E-state index contributed by atoms with van der Waals surface area (Å²) >= 11 is 0. The Labute approximate surface area is 174 Å². The molecule has 1 fully saturated rings. The Morgan fingerprint density at radius 1 is 1.07 bits per heavy atom. The van der Waals surface area contributed by atoms with E-state index in [4.69, 9.17) is 14.2 Å². The molecule has 0 atom stereocenters. The molecule has 7 nitrogen and oxygen atoms in total. The number of ether oxygens (including phenoxy) is 3. The van der Waals surface area contributed by atoms with Crippen LogP contribution in [0.5, 0.6) is 17.2 Å². The van der Waals surface area contributed by atoms with Crippen LogP contribution in [0.2, 0.25) is 0 Å². The number of para-hydroxylation sites is 2. The van der Waals surface area contributed by atoms with Crippen LogP contribution in [0.1, 0.15) is 18.4 Å². The number of aromatic nitrogens is 1. The SMILES string of the molecule is COc1ccccc1Nc1ccc(NC(=O)C2(c3ccc4c(c3)OCO4)CC2)cn1. The highest BCUT2D eigenvalue weighted by Gasteiger charge is 2.51. The molecule has 1 aliphatic heterocycles. The second-order valence-electron chi connectivity index (χ2n) is 7.36. The number of benzene rings is 2. The lowest BCUT2D eigenvalue weighted by atomic mass is 9.94. The van der Waals surface area contributed by atoms with Gasteiger partial charge in [-0.25, -0.2) is 4.98 Å². The van der Waals surface area contributed by atoms with Crippen LogP contribution in [-0.4, -0.2) is 24.8 Å². The highest BCUT2D eigenvalue weighted by Crippen LogP contribution is 2.51. The van der Waals surface area contributed by atoms with Gasteiger partial charge >= 0.3 is 0 Å². The molecule has 0 bridgehead atoms. The molecule has 1 saturated carbocycles. The Kier molecular flexibility index (Phi) is 4.43. The van der Waals surface area contributed by atoms with Gasteiger partial charge in [0.25, 0.3) is 0 Å². The van der Waals surface area contributed by atoms with Crippen LogP contribution in [0.4, 0.5) is 17.2 Å². The molecule has 2 N–H and O–H groups in total. The van der Waals surface area contributed by atoms with Gasteiger partial charge in [-0.1, -0.05) is 18.2 Å². The van der Waals surface area contributed by atoms with Crippen molar-refractivity contribution in [2.75, 3.05) is 24.5 Å². The fourth-order valence-electron chi connectivity index (χ4n) is 3.64. The monoisotopic (exact) mass is 403 g/mol. The van der Waals surface area contributed by atoms with E-state index in [9.17, 15) is 4.79 Å². The van der Waals surface area contributed by atoms with Gasteiger partial charge in [-0.15, -0.1) is 0 Å². The molecule has 0 spiro atoms. The minimum absolute atomic E-state index is 0.0337. The third-order valence-electron chi connectivity index (χ3n) is 5.50. The molecule has 2 aliphatic rings. The number of rotatable bonds is 6. The molecule has 30 heavy (non-hydrogen) atoms. The molecular weight excluding hydrogens is 382 g/mol. The highest BCUT2D eigenvalue weighted by atomic mass is 16.7. The fourth-order valence-corrected chi connectivity index (χ4v) is 3.64. The van der Waals surface area contributed by atoms with E-state index >= 15 is 0 Å². The first-order chi connectivity index (χ1) is 14.7. The Morgan fingerprint density at radius 2 is 1.90 bits per heavy atom. The predicted molar refractivity (Wildman–Crippen MR) is 113 cm³/mol. The molecule has 1 aliphatic carbocycles. The third-order valence-corrected chi connectivity index (χ3v) is 5.50. The van der Waals surface area contributed by atoms with Crippen LogP contribution < -0.4 is 24.8 Å². The molecule has 3 aromatic rings. The molecule has 7 heteroatoms. The van der Waals surface area contributed by atoms with Gasteiger partial charge in [-0.2, -0.15) is 0 Å². The molecule has 0 saturated heterocycles. The van der Waals surface area contributed by atoms with Crippen molar-refractivity contribution in [3.63, 3.8) is 0 Å². The molecule has 2 heterocycles. The summed E-state index contributed by atoms with van der Waals surface area (Å²) in [5, 5.41) is 6.22. The minimum Gasteiger partial charge on any atom is -0.495 e. The quantitative estimate of drug-likeness (QED) is 0.641. The molecule has 1 aromatic heterocycles. The number of carbonyl (C=O) groups is 1. The number of nitrogens with zero attached hydrogens (tertiary/aromatic N) is 1. The van der Waals surface area contributed by atoms with Crippen molar-refractivity contribution in [1.82, 2.24) is 4.98 Å². The van der Waals surface area contributed by atoms with Crippen molar-refractivity contribution in [2.24, 2.45) is 0 Å². The normalized spacial score (nSPS) is 15.4. The number of hydrogen-bond acceptors (Lipinski definition) is 6. The maximum atomic E-state index is 13.0. The topological polar surface area (TPSA) is 81.7 Å². The highest BCUT2D eigenvalue weighted by molar-refractivity contribution is 6.01. The Morgan fingerprint density at radius 3 is 2.67 bits per heavy atom. The van der Waals surface area contributed by atoms with Gasteiger partial charge in [-0.05, 0) is 54.8 Å². The predicted octanol–water partition coefficient (Wildman–Crippen LogP) is 4.23. The Hall–Kier alpha value is -3.74. The van der Waals surface area contributed by atoms with E-state index in [0.717, 1.165) is 35.6 Å². The van der Waals surface area contributed by atoms with Crippen molar-refractivity contribution in [3.05, 3.63) is 66.4 Å². The molecule has 152 valence electrons. The maximum Gasteiger partial charge on any atom is 0.235 e. The van der Waals surface area contributed by atoms with Crippen molar-refractivity contribution in [1.29, 1.82) is 0 Å². The Balaban J connectivity index is 1.28. The van der Waals surface area contributed by atoms with E-state index in [1.54, 1.807) is 13.3 Å². The van der Waals surface area contributed by atoms with Crippen LogP contribution >= 0.6 is 0 Å². The number of nitrogens with one attached hydrogen (secondary N) is 2. The van der Waals surface area contributed by atoms with Crippen LogP contribution in [-0.2, 0) is 10.2 Å². The summed E-state index contributed by atoms with van der Waals surface area (Å²) in [6, 6.07) is 17.0. The van der Waals surface area contributed by atoms with Crippen LogP contribution in [0, 0.1) is 0 Å². The average Bonchev–Trinajstić information content (AvgIpc) is 3.46. The number of hydrogen-bond donors (Lipinski definition) is 2. The van der Waals surface area contributed by atoms with Gasteiger partial charge in [-0.3, -0.25) is 4.79 Å². The van der Waals surface area contributed by atoms with Gasteiger partial charge in [0.2, 0.25) is 12.7 Å². The Bertz CT molecular complexity index is 1090. The molecule has 2 aromatic carbocycles. The van der Waals surface area contributed by atoms with Crippen LogP contribution in [0.15, 0.2) is 60.8 Å². The lowest BCUT2D eigenvalue weighted by Gasteiger charge is -2.16. The van der Waals surface area contributed by atoms with E-state index in [0.29, 0.717) is 17.3 Å². The second kappa shape index (κ2) is 7.26. The summed E-state index contributed by atoms with van der Waals surface area (Å²) in [4.78, 5) is 17.4. The van der Waals surface area contributed by atoms with Crippen LogP contribution in [0.3, 0.4) is 0 Å². The lowest BCUT2D eigenvalue weighted by Crippen LogP contribution is -2.27. The zero-order chi connectivity index (χ0) is 20.6. The van der Waals surface area contributed by atoms with Gasteiger partial charge < -0.3 is 24.8 Å². The van der Waals surface area contributed by atoms with Gasteiger partial charge in [0.05, 0.1) is 30.1 Å². The number of methoxy groups -OCH3 is 1. The smallest absolute Gasteiger partial charge is 0.235 e. The summed E-state index contributed by atoms with van der Waals surface area (Å²) in [6.07, 6.45) is 3.25. The second-order valence-corrected chi connectivity index (χ2v) is 7.36. The van der Waals surface area contributed by atoms with Gasteiger partial charge in [0, 0.05) is 0 Å². The number of amides is 1. The zero-order valence-electron chi connectivity index (χ0n) is 16.5. The van der Waals surface area contributed by atoms with E-state index in [1.165, 1.54) is 0 Å². The van der Waals surface area contributed by atoms with Crippen molar-refractivity contribution < 1.29 is 19.0 Å². The van der Waals surface area contributed by atoms with E-state index < -0.39 is 5.41 Å². The molecular formula is C23H21N3O4. The summed E-state index contributed by atoms with van der Waals surface area (Å²) in [5.74, 6) is 2.77. The fraction of sp³-hybridized carbons (Fsp3) is 0.217. The average molecular weight is 403 g/mol. The maximum absolute atomic E-state index is 13.0. The first-order valence-corrected chi connectivity index (χ1v) is 9.76. The van der Waals surface area contributed by atoms with Gasteiger partial charge in [0.1, 0.15) is 11.6 Å². The third kappa shape index (κ3) is 3.28. The summed E-state index contributed by atoms with van der Waals surface area (Å²) in [5.41, 5.74) is 1.91. The largest absolute Gasteiger partial charge is 0.495 e. The van der Waals surface area contributed by atoms with Crippen molar-refractivity contribution >= 4 is 23.1 Å².